The van der Waals surface area contributed by atoms with Crippen LogP contribution in [0.3, 0.4) is 0 Å². The van der Waals surface area contributed by atoms with Crippen LogP contribution in [0.2, 0.25) is 25.7 Å². The molecule has 2 aromatic carbocycles. The number of aromatic amines is 1. The Balaban J connectivity index is 0.000000187. The fourth-order valence-electron chi connectivity index (χ4n) is 9.55. The Bertz CT molecular complexity index is 2760. The van der Waals surface area contributed by atoms with Crippen molar-refractivity contribution in [1.82, 2.24) is 49.3 Å². The molecule has 0 aliphatic heterocycles. The number of hydrogen-bond acceptors (Lipinski definition) is 10. The average Bonchev–Trinajstić information content (AvgIpc) is 4.11. The lowest BCUT2D eigenvalue weighted by atomic mass is 9.76. The molecule has 396 valence electrons. The van der Waals surface area contributed by atoms with E-state index in [-0.39, 0.29) is 34.5 Å². The molecule has 73 heavy (non-hydrogen) atoms. The molecule has 5 N–H and O–H groups in total. The summed E-state index contributed by atoms with van der Waals surface area (Å²) in [7, 11) is 7.22. The molecule has 16 nitrogen and oxygen atoms in total. The second kappa shape index (κ2) is 24.4. The van der Waals surface area contributed by atoms with Gasteiger partial charge in [0.05, 0.1) is 35.9 Å². The maximum absolute atomic E-state index is 13.0. The zero-order valence-corrected chi connectivity index (χ0v) is 47.0. The van der Waals surface area contributed by atoms with Gasteiger partial charge in [-0.25, -0.2) is 9.48 Å². The molecular weight excluding hydrogens is 933 g/mol. The van der Waals surface area contributed by atoms with Gasteiger partial charge in [0.2, 0.25) is 0 Å². The van der Waals surface area contributed by atoms with Crippen LogP contribution in [0.5, 0.6) is 0 Å². The Morgan fingerprint density at radius 3 is 1.92 bits per heavy atom. The SMILES string of the molecule is CC1(C)CCc2c(C(=O)O)nn(COCC[Si](C)(C)C)c2C1.Cc1cccc(C(CCN(C)C)n2cc(N)cn2)c1.Cc1cccc(C(CCN(C)C)n2cc(NC(=O)c3n[nH]c4c3CCC(C)(C)C4)cn2)c1. The van der Waals surface area contributed by atoms with Crippen molar-refractivity contribution in [2.45, 2.75) is 137 Å². The summed E-state index contributed by atoms with van der Waals surface area (Å²) in [4.78, 5) is 28.7. The van der Waals surface area contributed by atoms with Crippen LogP contribution >= 0.6 is 0 Å². The van der Waals surface area contributed by atoms with E-state index in [1.807, 2.05) is 21.8 Å². The highest BCUT2D eigenvalue weighted by molar-refractivity contribution is 6.76. The fraction of sp³-hybridized carbons (Fsp3) is 0.536. The number of anilines is 2. The molecule has 2 atom stereocenters. The largest absolute Gasteiger partial charge is 0.476 e. The lowest BCUT2D eigenvalue weighted by molar-refractivity contribution is 0.0667. The van der Waals surface area contributed by atoms with Gasteiger partial charge in [0.1, 0.15) is 6.73 Å². The lowest BCUT2D eigenvalue weighted by Crippen LogP contribution is -2.25. The average molecular weight is 1020 g/mol. The first-order valence-electron chi connectivity index (χ1n) is 25.9. The molecule has 6 aromatic rings. The number of carboxylic acids is 1. The minimum atomic E-state index is -1.11. The molecule has 0 saturated carbocycles. The molecule has 2 unspecified atom stereocenters. The minimum Gasteiger partial charge on any atom is -0.476 e. The number of rotatable bonds is 18. The van der Waals surface area contributed by atoms with Gasteiger partial charge in [-0.1, -0.05) is 107 Å². The second-order valence-electron chi connectivity index (χ2n) is 23.6. The lowest BCUT2D eigenvalue weighted by Gasteiger charge is -2.30. The zero-order chi connectivity index (χ0) is 53.3. The highest BCUT2D eigenvalue weighted by Gasteiger charge is 2.33. The third kappa shape index (κ3) is 16.3. The van der Waals surface area contributed by atoms with Gasteiger partial charge >= 0.3 is 5.97 Å². The quantitative estimate of drug-likeness (QED) is 0.0474. The highest BCUT2D eigenvalue weighted by atomic mass is 28.3. The van der Waals surface area contributed by atoms with E-state index in [1.165, 1.54) is 22.3 Å². The van der Waals surface area contributed by atoms with Crippen molar-refractivity contribution < 1.29 is 19.4 Å². The van der Waals surface area contributed by atoms with E-state index < -0.39 is 14.0 Å². The van der Waals surface area contributed by atoms with E-state index >= 15 is 0 Å². The number of carbonyl (C=O) groups is 2. The van der Waals surface area contributed by atoms with E-state index in [4.69, 9.17) is 10.5 Å². The third-order valence-corrected chi connectivity index (χ3v) is 15.5. The first-order chi connectivity index (χ1) is 34.4. The van der Waals surface area contributed by atoms with Crippen molar-refractivity contribution in [3.8, 4) is 0 Å². The Hall–Kier alpha value is -5.88. The van der Waals surface area contributed by atoms with Gasteiger partial charge in [-0.05, 0) is 134 Å². The third-order valence-electron chi connectivity index (χ3n) is 13.8. The summed E-state index contributed by atoms with van der Waals surface area (Å²) in [6.07, 6.45) is 14.7. The molecular formula is C56H84N12O4Si. The summed E-state index contributed by atoms with van der Waals surface area (Å²) in [6, 6.07) is 18.6. The Labute approximate surface area is 435 Å². The molecule has 1 amide bonds. The molecule has 2 aliphatic carbocycles. The summed E-state index contributed by atoms with van der Waals surface area (Å²) in [5.41, 5.74) is 17.4. The summed E-state index contributed by atoms with van der Waals surface area (Å²) in [6.45, 7) is 23.2. The number of ether oxygens (including phenoxy) is 1. The van der Waals surface area contributed by atoms with E-state index in [9.17, 15) is 14.7 Å². The minimum absolute atomic E-state index is 0.100. The molecule has 0 spiro atoms. The summed E-state index contributed by atoms with van der Waals surface area (Å²) in [5.74, 6) is -1.11. The van der Waals surface area contributed by atoms with Crippen molar-refractivity contribution in [2.75, 3.05) is 58.9 Å². The summed E-state index contributed by atoms with van der Waals surface area (Å²) in [5, 5.41) is 33.0. The van der Waals surface area contributed by atoms with E-state index in [1.54, 1.807) is 17.1 Å². The first-order valence-corrected chi connectivity index (χ1v) is 29.6. The number of aromatic nitrogens is 8. The number of carbonyl (C=O) groups excluding carboxylic acids is 1. The number of H-pyrrole nitrogens is 1. The number of nitrogens with two attached hydrogens (primary N) is 1. The highest BCUT2D eigenvalue weighted by Crippen LogP contribution is 2.37. The standard InChI is InChI=1S/C25H34N6O.C16H28N2O3Si.C15H22N4/c1-17-7-6-8-18(13-17)22(10-12-30(4)5)31-16-19(15-26-31)27-24(32)23-20-9-11-25(2,3)14-21(20)28-29-23;1-16(2)7-6-12-13(10-16)18(17-14(12)15(19)20)11-21-8-9-22(3,4)5;1-12-5-4-6-13(9-12)15(7-8-18(2)3)19-11-14(16)10-17-19/h6-8,13,15-16,22H,9-12,14H2,1-5H3,(H,27,32)(H,28,29);6-11H2,1-5H3,(H,19,20);4-6,9-11,15H,7-8,16H2,1-3H3. The molecule has 0 fully saturated rings. The molecule has 4 heterocycles. The molecule has 0 radical (unpaired) electrons. The number of nitrogens with zero attached hydrogens (tertiary/aromatic N) is 9. The van der Waals surface area contributed by atoms with Crippen LogP contribution in [0.25, 0.3) is 0 Å². The molecule has 17 heteroatoms. The number of benzene rings is 2. The smallest absolute Gasteiger partial charge is 0.356 e. The summed E-state index contributed by atoms with van der Waals surface area (Å²) < 4.78 is 11.5. The zero-order valence-electron chi connectivity index (χ0n) is 46.0. The normalized spacial score (nSPS) is 15.6. The number of amides is 1. The van der Waals surface area contributed by atoms with Crippen LogP contribution in [-0.2, 0) is 37.2 Å². The van der Waals surface area contributed by atoms with Gasteiger partial charge in [-0.2, -0.15) is 20.4 Å². The van der Waals surface area contributed by atoms with Crippen LogP contribution in [0.1, 0.15) is 131 Å². The maximum Gasteiger partial charge on any atom is 0.356 e. The number of nitrogens with one attached hydrogen (secondary N) is 2. The number of carboxylic acid groups (broad SMARTS) is 1. The van der Waals surface area contributed by atoms with Gasteiger partial charge in [0.15, 0.2) is 11.4 Å². The van der Waals surface area contributed by atoms with Crippen molar-refractivity contribution >= 4 is 31.3 Å². The van der Waals surface area contributed by atoms with Gasteiger partial charge < -0.3 is 30.7 Å². The molecule has 2 aliphatic rings. The Morgan fingerprint density at radius 2 is 1.38 bits per heavy atom. The van der Waals surface area contributed by atoms with Gasteiger partial charge in [0, 0.05) is 49.6 Å². The van der Waals surface area contributed by atoms with Crippen molar-refractivity contribution in [3.05, 3.63) is 129 Å². The topological polar surface area (TPSA) is 190 Å². The number of hydrogen-bond donors (Lipinski definition) is 4. The predicted octanol–water partition coefficient (Wildman–Crippen LogP) is 9.95. The number of aryl methyl sites for hydroxylation is 2. The maximum atomic E-state index is 13.0. The Morgan fingerprint density at radius 1 is 0.822 bits per heavy atom. The van der Waals surface area contributed by atoms with Crippen LogP contribution in [0, 0.1) is 24.7 Å². The van der Waals surface area contributed by atoms with E-state index in [2.05, 4.69) is 179 Å². The molecule has 8 rings (SSSR count). The summed E-state index contributed by atoms with van der Waals surface area (Å²) >= 11 is 0. The van der Waals surface area contributed by atoms with Crippen molar-refractivity contribution in [3.63, 3.8) is 0 Å². The van der Waals surface area contributed by atoms with E-state index in [0.29, 0.717) is 23.8 Å². The molecule has 0 bridgehead atoms. The first kappa shape index (κ1) is 56.4. The second-order valence-corrected chi connectivity index (χ2v) is 29.2. The molecule has 4 aromatic heterocycles. The van der Waals surface area contributed by atoms with Gasteiger partial charge in [-0.15, -0.1) is 0 Å². The fourth-order valence-corrected chi connectivity index (χ4v) is 10.3. The van der Waals surface area contributed by atoms with Crippen LogP contribution in [-0.4, -0.2) is 122 Å². The van der Waals surface area contributed by atoms with Crippen LogP contribution in [0.4, 0.5) is 11.4 Å². The van der Waals surface area contributed by atoms with Gasteiger partial charge in [0.25, 0.3) is 5.91 Å². The van der Waals surface area contributed by atoms with Crippen LogP contribution in [0.15, 0.2) is 73.3 Å². The van der Waals surface area contributed by atoms with E-state index in [0.717, 1.165) is 99.6 Å². The monoisotopic (exact) mass is 1020 g/mol. The number of nitrogen functional groups attached to an aromatic ring is 1. The predicted molar refractivity (Wildman–Crippen MR) is 295 cm³/mol. The van der Waals surface area contributed by atoms with Gasteiger partial charge in [-0.3, -0.25) is 19.3 Å². The van der Waals surface area contributed by atoms with Crippen LogP contribution < -0.4 is 11.1 Å². The van der Waals surface area contributed by atoms with Crippen molar-refractivity contribution in [1.29, 1.82) is 0 Å². The Kier molecular flexibility index (Phi) is 18.9. The number of fused-ring (bicyclic) bond motifs is 2. The van der Waals surface area contributed by atoms with Crippen molar-refractivity contribution in [2.24, 2.45) is 10.8 Å². The molecule has 0 saturated heterocycles. The number of aromatic carboxylic acids is 1.